The third-order valence-corrected chi connectivity index (χ3v) is 6.76. The maximum absolute atomic E-state index is 13.2. The minimum Gasteiger partial charge on any atom is -0.339 e. The largest absolute Gasteiger partial charge is 0.339 e. The van der Waals surface area contributed by atoms with Gasteiger partial charge in [-0.15, -0.1) is 0 Å². The fourth-order valence-corrected chi connectivity index (χ4v) is 4.69. The number of benzene rings is 2. The first-order valence-electron chi connectivity index (χ1n) is 12.4. The van der Waals surface area contributed by atoms with Crippen molar-refractivity contribution in [3.63, 3.8) is 0 Å². The van der Waals surface area contributed by atoms with E-state index in [2.05, 4.69) is 15.2 Å². The summed E-state index contributed by atoms with van der Waals surface area (Å²) in [6, 6.07) is 19.6. The van der Waals surface area contributed by atoms with Gasteiger partial charge >= 0.3 is 0 Å². The van der Waals surface area contributed by atoms with Crippen molar-refractivity contribution in [2.75, 3.05) is 6.54 Å². The molecule has 0 atom stereocenters. The van der Waals surface area contributed by atoms with E-state index in [1.807, 2.05) is 67.6 Å². The molecule has 0 bridgehead atoms. The van der Waals surface area contributed by atoms with Gasteiger partial charge in [0.05, 0.1) is 23.5 Å². The fourth-order valence-electron chi connectivity index (χ4n) is 4.69. The third-order valence-electron chi connectivity index (χ3n) is 6.76. The normalized spacial score (nSPS) is 13.2. The summed E-state index contributed by atoms with van der Waals surface area (Å²) in [6.07, 6.45) is 2.01. The maximum atomic E-state index is 13.2. The second kappa shape index (κ2) is 9.50. The van der Waals surface area contributed by atoms with Crippen LogP contribution in [0.3, 0.4) is 0 Å². The van der Waals surface area contributed by atoms with Gasteiger partial charge in [0.1, 0.15) is 0 Å². The zero-order valence-corrected chi connectivity index (χ0v) is 20.5. The van der Waals surface area contributed by atoms with Crippen LogP contribution in [0.5, 0.6) is 0 Å². The lowest BCUT2D eigenvalue weighted by atomic mass is 10.1. The molecule has 2 aromatic carbocycles. The number of nitrogens with one attached hydrogen (secondary N) is 1. The number of rotatable bonds is 6. The van der Waals surface area contributed by atoms with Gasteiger partial charge in [0.25, 0.3) is 5.56 Å². The molecule has 6 rings (SSSR count). The van der Waals surface area contributed by atoms with Crippen molar-refractivity contribution in [2.24, 2.45) is 0 Å². The Morgan fingerprint density at radius 1 is 1.05 bits per heavy atom. The summed E-state index contributed by atoms with van der Waals surface area (Å²) < 4.78 is 6.84. The summed E-state index contributed by atoms with van der Waals surface area (Å²) in [5, 5.41) is 7.21. The highest BCUT2D eigenvalue weighted by molar-refractivity contribution is 5.76. The topological polar surface area (TPSA) is 109 Å². The van der Waals surface area contributed by atoms with Crippen LogP contribution in [0, 0.1) is 6.92 Å². The average Bonchev–Trinajstić information content (AvgIpc) is 3.57. The molecule has 1 amide bonds. The molecule has 5 aromatic rings. The van der Waals surface area contributed by atoms with Gasteiger partial charge in [-0.1, -0.05) is 65.3 Å². The van der Waals surface area contributed by atoms with Crippen molar-refractivity contribution in [1.82, 2.24) is 29.6 Å². The Morgan fingerprint density at radius 3 is 2.68 bits per heavy atom. The van der Waals surface area contributed by atoms with Crippen LogP contribution in [0.1, 0.15) is 35.6 Å². The second-order valence-corrected chi connectivity index (χ2v) is 9.37. The molecule has 3 aromatic heterocycles. The van der Waals surface area contributed by atoms with Crippen molar-refractivity contribution >= 4 is 11.6 Å². The van der Waals surface area contributed by atoms with E-state index in [-0.39, 0.29) is 18.0 Å². The molecule has 9 heteroatoms. The van der Waals surface area contributed by atoms with Crippen molar-refractivity contribution in [3.8, 4) is 22.6 Å². The molecule has 9 nitrogen and oxygen atoms in total. The van der Waals surface area contributed by atoms with E-state index in [1.54, 1.807) is 4.90 Å². The Balaban J connectivity index is 1.11. The van der Waals surface area contributed by atoms with Crippen LogP contribution < -0.4 is 5.56 Å². The van der Waals surface area contributed by atoms with Gasteiger partial charge in [0, 0.05) is 37.4 Å². The molecule has 0 radical (unpaired) electrons. The Kier molecular flexibility index (Phi) is 5.88. The van der Waals surface area contributed by atoms with E-state index >= 15 is 0 Å². The Labute approximate surface area is 212 Å². The van der Waals surface area contributed by atoms with E-state index in [1.165, 1.54) is 10.1 Å². The van der Waals surface area contributed by atoms with Crippen LogP contribution in [0.4, 0.5) is 0 Å². The Hall–Kier alpha value is -4.53. The molecule has 0 fully saturated rings. The smallest absolute Gasteiger partial charge is 0.277 e. The summed E-state index contributed by atoms with van der Waals surface area (Å²) in [4.78, 5) is 37.1. The SMILES string of the molecule is Cc1ccc(-c2noc(CCCC(=O)N3CCc4nc5cc(-c6ccccc6)[nH]n5c(=O)c4C3)n2)cc1. The molecule has 37 heavy (non-hydrogen) atoms. The fraction of sp³-hybridized carbons (Fsp3) is 0.250. The number of aromatic amines is 1. The zero-order chi connectivity index (χ0) is 25.4. The van der Waals surface area contributed by atoms with Gasteiger partial charge in [-0.05, 0) is 18.9 Å². The number of carbonyl (C=O) groups excluding carboxylic acids is 1. The predicted molar refractivity (Wildman–Crippen MR) is 138 cm³/mol. The van der Waals surface area contributed by atoms with Crippen LogP contribution in [0.15, 0.2) is 70.0 Å². The second-order valence-electron chi connectivity index (χ2n) is 9.37. The number of fused-ring (bicyclic) bond motifs is 2. The van der Waals surface area contributed by atoms with Crippen molar-refractivity contribution in [1.29, 1.82) is 0 Å². The summed E-state index contributed by atoms with van der Waals surface area (Å²) in [7, 11) is 0. The highest BCUT2D eigenvalue weighted by Crippen LogP contribution is 2.21. The van der Waals surface area contributed by atoms with E-state index in [0.29, 0.717) is 55.2 Å². The van der Waals surface area contributed by atoms with Gasteiger partial charge in [-0.25, -0.2) is 9.50 Å². The minimum atomic E-state index is -0.158. The maximum Gasteiger partial charge on any atom is 0.277 e. The lowest BCUT2D eigenvalue weighted by Gasteiger charge is -2.27. The Bertz CT molecular complexity index is 1630. The number of hydrogen-bond donors (Lipinski definition) is 1. The van der Waals surface area contributed by atoms with E-state index in [9.17, 15) is 9.59 Å². The number of hydrogen-bond acceptors (Lipinski definition) is 6. The molecule has 0 unspecified atom stereocenters. The van der Waals surface area contributed by atoms with Crippen LogP contribution in [0.25, 0.3) is 28.3 Å². The van der Waals surface area contributed by atoms with Crippen LogP contribution in [0.2, 0.25) is 0 Å². The molecular formula is C28H26N6O3. The van der Waals surface area contributed by atoms with Gasteiger partial charge in [0.15, 0.2) is 5.65 Å². The highest BCUT2D eigenvalue weighted by atomic mass is 16.5. The highest BCUT2D eigenvalue weighted by Gasteiger charge is 2.25. The number of H-pyrrole nitrogens is 1. The average molecular weight is 495 g/mol. The molecule has 4 heterocycles. The quantitative estimate of drug-likeness (QED) is 0.383. The van der Waals surface area contributed by atoms with E-state index in [4.69, 9.17) is 9.51 Å². The third kappa shape index (κ3) is 4.55. The summed E-state index contributed by atoms with van der Waals surface area (Å²) in [6.45, 7) is 2.84. The van der Waals surface area contributed by atoms with Crippen molar-refractivity contribution in [2.45, 2.75) is 39.2 Å². The summed E-state index contributed by atoms with van der Waals surface area (Å²) >= 11 is 0. The molecule has 0 saturated carbocycles. The molecule has 1 aliphatic rings. The molecule has 1 N–H and O–H groups in total. The first kappa shape index (κ1) is 22.9. The van der Waals surface area contributed by atoms with Gasteiger partial charge in [-0.3, -0.25) is 14.7 Å². The van der Waals surface area contributed by atoms with Crippen LogP contribution in [-0.4, -0.2) is 42.1 Å². The molecule has 1 aliphatic heterocycles. The van der Waals surface area contributed by atoms with E-state index < -0.39 is 0 Å². The van der Waals surface area contributed by atoms with Crippen LogP contribution in [-0.2, 0) is 24.2 Å². The van der Waals surface area contributed by atoms with Gasteiger partial charge < -0.3 is 9.42 Å². The number of amides is 1. The first-order valence-corrected chi connectivity index (χ1v) is 12.4. The van der Waals surface area contributed by atoms with Crippen LogP contribution >= 0.6 is 0 Å². The van der Waals surface area contributed by atoms with E-state index in [0.717, 1.165) is 22.5 Å². The summed E-state index contributed by atoms with van der Waals surface area (Å²) in [5.41, 5.74) is 5.64. The number of aryl methyl sites for hydroxylation is 2. The number of carbonyl (C=O) groups is 1. The zero-order valence-electron chi connectivity index (χ0n) is 20.5. The van der Waals surface area contributed by atoms with Crippen molar-refractivity contribution < 1.29 is 9.32 Å². The lowest BCUT2D eigenvalue weighted by molar-refractivity contribution is -0.132. The molecule has 0 spiro atoms. The van der Waals surface area contributed by atoms with Crippen molar-refractivity contribution in [3.05, 3.63) is 93.7 Å². The predicted octanol–water partition coefficient (Wildman–Crippen LogP) is 3.96. The van der Waals surface area contributed by atoms with Gasteiger partial charge in [-0.2, -0.15) is 4.98 Å². The molecular weight excluding hydrogens is 468 g/mol. The number of aromatic nitrogens is 5. The standard InChI is InChI=1S/C28H26N6O3/c1-18-10-12-20(13-11-18)27-30-25(37-32-27)8-5-9-26(35)33-15-14-22-21(17-33)28(36)34-24(29-22)16-23(31-34)19-6-3-2-4-7-19/h2-4,6-7,10-13,16,31H,5,8-9,14-15,17H2,1H3. The lowest BCUT2D eigenvalue weighted by Crippen LogP contribution is -2.40. The number of nitrogens with zero attached hydrogens (tertiary/aromatic N) is 5. The minimum absolute atomic E-state index is 0.00452. The van der Waals surface area contributed by atoms with Gasteiger partial charge in [0.2, 0.25) is 17.6 Å². The molecule has 0 saturated heterocycles. The first-order chi connectivity index (χ1) is 18.0. The molecule has 186 valence electrons. The monoisotopic (exact) mass is 494 g/mol. The molecule has 0 aliphatic carbocycles. The summed E-state index contributed by atoms with van der Waals surface area (Å²) in [5.74, 6) is 1.07. The Morgan fingerprint density at radius 2 is 1.86 bits per heavy atom.